The molecular formula is C17H16Cl2N2O3S. The van der Waals surface area contributed by atoms with Gasteiger partial charge in [-0.25, -0.2) is 8.42 Å². The number of amides is 1. The van der Waals surface area contributed by atoms with Gasteiger partial charge in [-0.2, -0.15) is 0 Å². The summed E-state index contributed by atoms with van der Waals surface area (Å²) in [4.78, 5) is 12.4. The number of halogens is 2. The van der Waals surface area contributed by atoms with E-state index in [1.807, 2.05) is 0 Å². The maximum Gasteiger partial charge on any atom is 0.257 e. The van der Waals surface area contributed by atoms with Gasteiger partial charge >= 0.3 is 0 Å². The van der Waals surface area contributed by atoms with Crippen LogP contribution in [-0.4, -0.2) is 26.6 Å². The molecule has 1 aliphatic heterocycles. The second-order valence-electron chi connectivity index (χ2n) is 5.72. The predicted octanol–water partition coefficient (Wildman–Crippen LogP) is 4.18. The van der Waals surface area contributed by atoms with Crippen molar-refractivity contribution in [3.8, 4) is 0 Å². The van der Waals surface area contributed by atoms with Gasteiger partial charge in [-0.1, -0.05) is 29.3 Å². The van der Waals surface area contributed by atoms with E-state index in [0.29, 0.717) is 34.9 Å². The van der Waals surface area contributed by atoms with E-state index in [1.54, 1.807) is 36.4 Å². The molecule has 2 aromatic carbocycles. The largest absolute Gasteiger partial charge is 0.322 e. The van der Waals surface area contributed by atoms with Gasteiger partial charge in [-0.3, -0.25) is 9.10 Å². The summed E-state index contributed by atoms with van der Waals surface area (Å²) in [5, 5.41) is 3.43. The Labute approximate surface area is 156 Å². The first-order chi connectivity index (χ1) is 11.9. The van der Waals surface area contributed by atoms with Gasteiger partial charge in [-0.15, -0.1) is 0 Å². The van der Waals surface area contributed by atoms with Gasteiger partial charge in [0.15, 0.2) is 0 Å². The van der Waals surface area contributed by atoms with E-state index in [4.69, 9.17) is 23.2 Å². The molecule has 1 saturated heterocycles. The van der Waals surface area contributed by atoms with Crippen LogP contribution >= 0.6 is 23.2 Å². The van der Waals surface area contributed by atoms with Gasteiger partial charge in [0.1, 0.15) is 0 Å². The topological polar surface area (TPSA) is 66.5 Å². The molecule has 3 rings (SSSR count). The predicted molar refractivity (Wildman–Crippen MR) is 101 cm³/mol. The summed E-state index contributed by atoms with van der Waals surface area (Å²) < 4.78 is 25.8. The lowest BCUT2D eigenvalue weighted by molar-refractivity contribution is 0.102. The van der Waals surface area contributed by atoms with Crippen molar-refractivity contribution in [3.05, 3.63) is 58.1 Å². The quantitative estimate of drug-likeness (QED) is 0.842. The zero-order chi connectivity index (χ0) is 18.0. The number of hydrogen-bond acceptors (Lipinski definition) is 3. The van der Waals surface area contributed by atoms with Crippen LogP contribution in [0.5, 0.6) is 0 Å². The van der Waals surface area contributed by atoms with Crippen LogP contribution in [0, 0.1) is 0 Å². The first-order valence-corrected chi connectivity index (χ1v) is 10.1. The van der Waals surface area contributed by atoms with Crippen molar-refractivity contribution in [1.82, 2.24) is 0 Å². The molecule has 8 heteroatoms. The normalized spacial score (nSPS) is 16.5. The Bertz CT molecular complexity index is 916. The highest BCUT2D eigenvalue weighted by Gasteiger charge is 2.26. The molecule has 0 spiro atoms. The third-order valence-corrected chi connectivity index (χ3v) is 6.33. The summed E-state index contributed by atoms with van der Waals surface area (Å²) in [6.07, 6.45) is 1.49. The molecule has 0 aromatic heterocycles. The monoisotopic (exact) mass is 398 g/mol. The Morgan fingerprint density at radius 1 is 1.08 bits per heavy atom. The molecule has 132 valence electrons. The number of benzene rings is 2. The minimum atomic E-state index is -3.30. The molecule has 25 heavy (non-hydrogen) atoms. The maximum atomic E-state index is 12.4. The summed E-state index contributed by atoms with van der Waals surface area (Å²) in [5.74, 6) is -0.246. The Kier molecular flexibility index (Phi) is 5.22. The average Bonchev–Trinajstić information content (AvgIpc) is 2.54. The smallest absolute Gasteiger partial charge is 0.257 e. The van der Waals surface area contributed by atoms with Gasteiger partial charge in [0.2, 0.25) is 10.0 Å². The fourth-order valence-corrected chi connectivity index (χ4v) is 4.82. The Morgan fingerprint density at radius 3 is 2.60 bits per heavy atom. The molecule has 0 aliphatic carbocycles. The summed E-state index contributed by atoms with van der Waals surface area (Å²) in [7, 11) is -3.30. The van der Waals surface area contributed by atoms with Crippen molar-refractivity contribution in [1.29, 1.82) is 0 Å². The molecule has 0 bridgehead atoms. The van der Waals surface area contributed by atoms with Crippen molar-refractivity contribution < 1.29 is 13.2 Å². The van der Waals surface area contributed by atoms with Gasteiger partial charge < -0.3 is 5.32 Å². The third-order valence-electron chi connectivity index (χ3n) is 3.92. The highest BCUT2D eigenvalue weighted by Crippen LogP contribution is 2.27. The van der Waals surface area contributed by atoms with E-state index in [9.17, 15) is 13.2 Å². The minimum absolute atomic E-state index is 0.143. The van der Waals surface area contributed by atoms with Gasteiger partial charge in [0.05, 0.1) is 22.0 Å². The van der Waals surface area contributed by atoms with Crippen LogP contribution in [0.2, 0.25) is 10.0 Å². The number of anilines is 2. The maximum absolute atomic E-state index is 12.4. The Hall–Kier alpha value is -1.76. The number of sulfonamides is 1. The van der Waals surface area contributed by atoms with Crippen molar-refractivity contribution in [3.63, 3.8) is 0 Å². The standard InChI is InChI=1S/C17H16Cl2N2O3S/c18-12-6-7-15(16(19)10-12)17(22)20-13-4-3-5-14(11-13)21-8-1-2-9-25(21,23)24/h3-7,10-11H,1-2,8-9H2,(H,20,22). The number of hydrogen-bond donors (Lipinski definition) is 1. The van der Waals surface area contributed by atoms with Crippen molar-refractivity contribution >= 4 is 50.5 Å². The molecule has 1 N–H and O–H groups in total. The number of carbonyl (C=O) groups is 1. The first-order valence-electron chi connectivity index (χ1n) is 7.74. The molecule has 0 unspecified atom stereocenters. The molecule has 0 saturated carbocycles. The lowest BCUT2D eigenvalue weighted by Crippen LogP contribution is -2.37. The summed E-state index contributed by atoms with van der Waals surface area (Å²) in [6.45, 7) is 0.447. The fraction of sp³-hybridized carbons (Fsp3) is 0.235. The molecule has 1 amide bonds. The van der Waals surface area contributed by atoms with Crippen LogP contribution < -0.4 is 9.62 Å². The SMILES string of the molecule is O=C(Nc1cccc(N2CCCCS2(=O)=O)c1)c1ccc(Cl)cc1Cl. The molecule has 1 fully saturated rings. The van der Waals surface area contributed by atoms with Crippen molar-refractivity contribution in [2.45, 2.75) is 12.8 Å². The molecule has 1 aliphatic rings. The van der Waals surface area contributed by atoms with E-state index in [-0.39, 0.29) is 16.7 Å². The van der Waals surface area contributed by atoms with Crippen molar-refractivity contribution in [2.75, 3.05) is 21.9 Å². The average molecular weight is 399 g/mol. The van der Waals surface area contributed by atoms with Crippen LogP contribution in [0.1, 0.15) is 23.2 Å². The lowest BCUT2D eigenvalue weighted by atomic mass is 10.2. The molecular weight excluding hydrogens is 383 g/mol. The highest BCUT2D eigenvalue weighted by molar-refractivity contribution is 7.92. The molecule has 5 nitrogen and oxygen atoms in total. The van der Waals surface area contributed by atoms with Gasteiger partial charge in [0.25, 0.3) is 5.91 Å². The second-order valence-corrected chi connectivity index (χ2v) is 8.58. The van der Waals surface area contributed by atoms with Crippen LogP contribution in [0.15, 0.2) is 42.5 Å². The summed E-state index contributed by atoms with van der Waals surface area (Å²) in [6, 6.07) is 11.4. The zero-order valence-corrected chi connectivity index (χ0v) is 15.5. The van der Waals surface area contributed by atoms with Crippen molar-refractivity contribution in [2.24, 2.45) is 0 Å². The Balaban J connectivity index is 1.83. The van der Waals surface area contributed by atoms with Crippen LogP contribution in [0.25, 0.3) is 0 Å². The molecule has 0 radical (unpaired) electrons. The molecule has 0 atom stereocenters. The fourth-order valence-electron chi connectivity index (χ4n) is 2.69. The van der Waals surface area contributed by atoms with Gasteiger partial charge in [0, 0.05) is 17.3 Å². The summed E-state index contributed by atoms with van der Waals surface area (Å²) in [5.41, 5.74) is 1.33. The molecule has 1 heterocycles. The Morgan fingerprint density at radius 2 is 1.88 bits per heavy atom. The summed E-state index contributed by atoms with van der Waals surface area (Å²) >= 11 is 11.9. The number of carbonyl (C=O) groups excluding carboxylic acids is 1. The van der Waals surface area contributed by atoms with E-state index in [0.717, 1.165) is 6.42 Å². The van der Waals surface area contributed by atoms with Crippen LogP contribution in [0.3, 0.4) is 0 Å². The first kappa shape index (κ1) is 18.0. The zero-order valence-electron chi connectivity index (χ0n) is 13.2. The number of nitrogens with zero attached hydrogens (tertiary/aromatic N) is 1. The van der Waals surface area contributed by atoms with Crippen LogP contribution in [0.4, 0.5) is 11.4 Å². The van der Waals surface area contributed by atoms with E-state index in [2.05, 4.69) is 5.32 Å². The van der Waals surface area contributed by atoms with Gasteiger partial charge in [-0.05, 0) is 49.2 Å². The van der Waals surface area contributed by atoms with E-state index < -0.39 is 10.0 Å². The second kappa shape index (κ2) is 7.23. The van der Waals surface area contributed by atoms with Crippen LogP contribution in [-0.2, 0) is 10.0 Å². The van der Waals surface area contributed by atoms with E-state index >= 15 is 0 Å². The third kappa shape index (κ3) is 4.08. The minimum Gasteiger partial charge on any atom is -0.322 e. The lowest BCUT2D eigenvalue weighted by Gasteiger charge is -2.28. The number of nitrogens with one attached hydrogen (secondary N) is 1. The number of rotatable bonds is 3. The van der Waals surface area contributed by atoms with E-state index in [1.165, 1.54) is 10.4 Å². The molecule has 2 aromatic rings. The highest BCUT2D eigenvalue weighted by atomic mass is 35.5.